The summed E-state index contributed by atoms with van der Waals surface area (Å²) in [4.78, 5) is 1.47. The van der Waals surface area contributed by atoms with Gasteiger partial charge in [0.25, 0.3) is 0 Å². The second kappa shape index (κ2) is 7.26. The summed E-state index contributed by atoms with van der Waals surface area (Å²) >= 11 is 3.83. The molecule has 0 unspecified atom stereocenters. The highest BCUT2D eigenvalue weighted by Crippen LogP contribution is 2.55. The molecule has 0 amide bonds. The van der Waals surface area contributed by atoms with Crippen LogP contribution in [0.25, 0.3) is 42.4 Å². The second-order valence-corrected chi connectivity index (χ2v) is 9.99. The Hall–Kier alpha value is -2.62. The van der Waals surface area contributed by atoms with E-state index in [-0.39, 0.29) is 0 Å². The van der Waals surface area contributed by atoms with Gasteiger partial charge in [-0.25, -0.2) is 0 Å². The fraction of sp³-hybridized carbons (Fsp3) is 0.185. The van der Waals surface area contributed by atoms with Gasteiger partial charge >= 0.3 is 0 Å². The number of thiophene rings is 2. The first-order valence-electron chi connectivity index (χ1n) is 10.6. The van der Waals surface area contributed by atoms with E-state index in [1.807, 2.05) is 22.7 Å². The van der Waals surface area contributed by atoms with Crippen LogP contribution in [-0.2, 0) is 12.8 Å². The van der Waals surface area contributed by atoms with Crippen molar-refractivity contribution in [2.45, 2.75) is 26.2 Å². The van der Waals surface area contributed by atoms with Crippen molar-refractivity contribution >= 4 is 42.8 Å². The zero-order valence-electron chi connectivity index (χ0n) is 16.9. The minimum atomic E-state index is 0.784. The molecule has 0 aliphatic heterocycles. The molecule has 0 N–H and O–H groups in total. The number of ether oxygens (including phenoxy) is 1. The van der Waals surface area contributed by atoms with E-state index in [1.165, 1.54) is 52.9 Å². The van der Waals surface area contributed by atoms with Crippen LogP contribution in [0.1, 0.15) is 23.8 Å². The second-order valence-electron chi connectivity index (χ2n) is 7.94. The lowest BCUT2D eigenvalue weighted by molar-refractivity contribution is 0.317. The molecule has 148 valence electrons. The molecule has 0 radical (unpaired) electrons. The third-order valence-electron chi connectivity index (χ3n) is 5.95. The van der Waals surface area contributed by atoms with E-state index in [0.717, 1.165) is 31.6 Å². The number of hydrogen-bond acceptors (Lipinski definition) is 3. The van der Waals surface area contributed by atoms with Gasteiger partial charge in [0.2, 0.25) is 0 Å². The Balaban J connectivity index is 1.26. The smallest absolute Gasteiger partial charge is 0.119 e. The van der Waals surface area contributed by atoms with E-state index >= 15 is 0 Å². The lowest BCUT2D eigenvalue weighted by atomic mass is 9.79. The van der Waals surface area contributed by atoms with Gasteiger partial charge in [0.15, 0.2) is 0 Å². The highest BCUT2D eigenvalue weighted by molar-refractivity contribution is 7.20. The summed E-state index contributed by atoms with van der Waals surface area (Å²) in [5.74, 6) is 0.972. The van der Waals surface area contributed by atoms with E-state index in [4.69, 9.17) is 4.74 Å². The monoisotopic (exact) mass is 426 g/mol. The number of rotatable bonds is 6. The van der Waals surface area contributed by atoms with E-state index in [9.17, 15) is 0 Å². The number of hydrogen-bond donors (Lipinski definition) is 0. The van der Waals surface area contributed by atoms with Crippen molar-refractivity contribution in [2.75, 3.05) is 6.61 Å². The maximum absolute atomic E-state index is 5.70. The van der Waals surface area contributed by atoms with Gasteiger partial charge in [0.05, 0.1) is 6.61 Å². The van der Waals surface area contributed by atoms with Gasteiger partial charge in [0.1, 0.15) is 5.75 Å². The van der Waals surface area contributed by atoms with Gasteiger partial charge in [-0.3, -0.25) is 0 Å². The molecule has 0 spiro atoms. The molecule has 0 saturated carbocycles. The zero-order chi connectivity index (χ0) is 20.1. The standard InChI is InChI=1S/C27H22OS2/c1-2-14-28-20-8-3-17(4-9-20)5-10-21-16-19-7-12-23-24-22(25(23)27(19)30-21)11-6-18-13-15-29-26(18)24/h3-4,6-9,11-13,15-16H,2,5,10,14H2,1H3. The Bertz CT molecular complexity index is 1370. The summed E-state index contributed by atoms with van der Waals surface area (Å²) in [5, 5.41) is 4.95. The highest BCUT2D eigenvalue weighted by Gasteiger charge is 2.28. The third-order valence-corrected chi connectivity index (χ3v) is 8.13. The van der Waals surface area contributed by atoms with Crippen molar-refractivity contribution < 1.29 is 4.74 Å². The molecule has 0 fully saturated rings. The van der Waals surface area contributed by atoms with Crippen LogP contribution >= 0.6 is 22.7 Å². The average Bonchev–Trinajstić information content (AvgIpc) is 3.39. The average molecular weight is 427 g/mol. The van der Waals surface area contributed by atoms with Crippen LogP contribution < -0.4 is 4.74 Å². The molecule has 0 atom stereocenters. The summed E-state index contributed by atoms with van der Waals surface area (Å²) in [7, 11) is 0. The van der Waals surface area contributed by atoms with Gasteiger partial charge in [-0.1, -0.05) is 43.3 Å². The number of benzene rings is 3. The van der Waals surface area contributed by atoms with Crippen LogP contribution in [-0.4, -0.2) is 6.61 Å². The van der Waals surface area contributed by atoms with Crippen molar-refractivity contribution in [3.8, 4) is 28.0 Å². The molecule has 3 aromatic carbocycles. The molecule has 2 aromatic heterocycles. The largest absolute Gasteiger partial charge is 0.494 e. The van der Waals surface area contributed by atoms with Crippen molar-refractivity contribution in [2.24, 2.45) is 0 Å². The normalized spacial score (nSPS) is 12.0. The number of fused-ring (bicyclic) bond motifs is 8. The molecule has 30 heavy (non-hydrogen) atoms. The van der Waals surface area contributed by atoms with Gasteiger partial charge in [-0.2, -0.15) is 0 Å². The van der Waals surface area contributed by atoms with Gasteiger partial charge in [0, 0.05) is 25.4 Å². The van der Waals surface area contributed by atoms with Crippen molar-refractivity contribution in [3.63, 3.8) is 0 Å². The fourth-order valence-electron chi connectivity index (χ4n) is 4.44. The van der Waals surface area contributed by atoms with E-state index in [2.05, 4.69) is 73.0 Å². The maximum Gasteiger partial charge on any atom is 0.119 e. The first-order chi connectivity index (χ1) is 14.8. The summed E-state index contributed by atoms with van der Waals surface area (Å²) in [6.07, 6.45) is 3.19. The van der Waals surface area contributed by atoms with Crippen molar-refractivity contribution in [1.82, 2.24) is 0 Å². The summed E-state index contributed by atoms with van der Waals surface area (Å²) in [6.45, 7) is 2.92. The van der Waals surface area contributed by atoms with Crippen LogP contribution in [0.5, 0.6) is 5.75 Å². The number of aryl methyl sites for hydroxylation is 2. The van der Waals surface area contributed by atoms with Crippen LogP contribution in [0, 0.1) is 0 Å². The molecule has 1 aliphatic rings. The summed E-state index contributed by atoms with van der Waals surface area (Å²) in [6, 6.07) is 22.4. The van der Waals surface area contributed by atoms with Crippen LogP contribution in [0.2, 0.25) is 0 Å². The highest BCUT2D eigenvalue weighted by atomic mass is 32.1. The van der Waals surface area contributed by atoms with E-state index < -0.39 is 0 Å². The Labute approximate surface area is 184 Å². The Morgan fingerprint density at radius 3 is 2.33 bits per heavy atom. The van der Waals surface area contributed by atoms with E-state index in [0.29, 0.717) is 0 Å². The van der Waals surface area contributed by atoms with Crippen LogP contribution in [0.4, 0.5) is 0 Å². The van der Waals surface area contributed by atoms with Gasteiger partial charge in [-0.15, -0.1) is 22.7 Å². The predicted molar refractivity (Wildman–Crippen MR) is 131 cm³/mol. The zero-order valence-corrected chi connectivity index (χ0v) is 18.5. The third kappa shape index (κ3) is 2.88. The molecule has 0 bridgehead atoms. The molecular weight excluding hydrogens is 404 g/mol. The first kappa shape index (κ1) is 18.2. The molecular formula is C27H22OS2. The van der Waals surface area contributed by atoms with Crippen molar-refractivity contribution in [1.29, 1.82) is 0 Å². The quantitative estimate of drug-likeness (QED) is 0.260. The lowest BCUT2D eigenvalue weighted by Crippen LogP contribution is -1.98. The van der Waals surface area contributed by atoms with Crippen LogP contribution in [0.15, 0.2) is 66.0 Å². The molecule has 2 heterocycles. The van der Waals surface area contributed by atoms with E-state index in [1.54, 1.807) is 0 Å². The molecule has 3 heteroatoms. The Kier molecular flexibility index (Phi) is 4.40. The van der Waals surface area contributed by atoms with Crippen LogP contribution in [0.3, 0.4) is 0 Å². The molecule has 1 nitrogen and oxygen atoms in total. The Morgan fingerprint density at radius 1 is 0.767 bits per heavy atom. The Morgan fingerprint density at radius 2 is 1.53 bits per heavy atom. The SMILES string of the molecule is CCCOc1ccc(CCc2cc3ccc4c(c3s2)-c2ccc3ccsc3c2-4)cc1. The topological polar surface area (TPSA) is 9.23 Å². The lowest BCUT2D eigenvalue weighted by Gasteiger charge is -2.25. The minimum Gasteiger partial charge on any atom is -0.494 e. The fourth-order valence-corrected chi connectivity index (χ4v) is 6.62. The summed E-state index contributed by atoms with van der Waals surface area (Å²) < 4.78 is 8.58. The molecule has 5 aromatic rings. The van der Waals surface area contributed by atoms with Gasteiger partial charge in [-0.05, 0) is 76.4 Å². The predicted octanol–water partition coefficient (Wildman–Crippen LogP) is 8.34. The molecule has 6 rings (SSSR count). The minimum absolute atomic E-state index is 0.784. The molecule has 1 aliphatic carbocycles. The first-order valence-corrected chi connectivity index (χ1v) is 12.3. The summed E-state index contributed by atoms with van der Waals surface area (Å²) in [5.41, 5.74) is 7.16. The molecule has 0 saturated heterocycles. The van der Waals surface area contributed by atoms with Gasteiger partial charge < -0.3 is 4.74 Å². The van der Waals surface area contributed by atoms with Crippen molar-refractivity contribution in [3.05, 3.63) is 76.5 Å². The maximum atomic E-state index is 5.70.